The van der Waals surface area contributed by atoms with Gasteiger partial charge in [-0.3, -0.25) is 9.48 Å². The quantitative estimate of drug-likeness (QED) is 0.887. The van der Waals surface area contributed by atoms with Gasteiger partial charge in [-0.05, 0) is 18.9 Å². The molecule has 2 rings (SSSR count). The molecule has 112 valence electrons. The highest BCUT2D eigenvalue weighted by atomic mass is 16.5. The molecule has 0 saturated carbocycles. The Hall–Kier alpha value is -2.30. The Morgan fingerprint density at radius 3 is 2.71 bits per heavy atom. The van der Waals surface area contributed by atoms with Gasteiger partial charge in [-0.1, -0.05) is 32.0 Å². The molecule has 1 N–H and O–H groups in total. The van der Waals surface area contributed by atoms with Crippen molar-refractivity contribution in [3.63, 3.8) is 0 Å². The van der Waals surface area contributed by atoms with E-state index in [1.807, 2.05) is 31.2 Å². The number of carboxylic acids is 1. The molecule has 5 heteroatoms. The lowest BCUT2D eigenvalue weighted by molar-refractivity contribution is -0.137. The fourth-order valence-corrected chi connectivity index (χ4v) is 2.07. The van der Waals surface area contributed by atoms with Crippen molar-refractivity contribution in [3.8, 4) is 16.9 Å². The van der Waals surface area contributed by atoms with Crippen LogP contribution in [0.5, 0.6) is 5.75 Å². The zero-order valence-corrected chi connectivity index (χ0v) is 12.5. The second kappa shape index (κ2) is 6.43. The van der Waals surface area contributed by atoms with Gasteiger partial charge in [0.15, 0.2) is 0 Å². The SMILES string of the molecule is Cc1c(-c2ccccc2OCC(C)C)cnn1CC(=O)O. The predicted molar refractivity (Wildman–Crippen MR) is 80.4 cm³/mol. The highest BCUT2D eigenvalue weighted by Crippen LogP contribution is 2.32. The molecule has 0 bridgehead atoms. The summed E-state index contributed by atoms with van der Waals surface area (Å²) in [7, 11) is 0. The molecule has 0 aliphatic heterocycles. The van der Waals surface area contributed by atoms with E-state index in [0.29, 0.717) is 12.5 Å². The third kappa shape index (κ3) is 3.62. The summed E-state index contributed by atoms with van der Waals surface area (Å²) in [6, 6.07) is 7.75. The van der Waals surface area contributed by atoms with Crippen molar-refractivity contribution in [1.29, 1.82) is 0 Å². The number of ether oxygens (including phenoxy) is 1. The largest absolute Gasteiger partial charge is 0.493 e. The minimum atomic E-state index is -0.905. The van der Waals surface area contributed by atoms with E-state index in [1.165, 1.54) is 4.68 Å². The van der Waals surface area contributed by atoms with Gasteiger partial charge in [0.1, 0.15) is 12.3 Å². The second-order valence-corrected chi connectivity index (χ2v) is 5.40. The van der Waals surface area contributed by atoms with Gasteiger partial charge in [-0.15, -0.1) is 0 Å². The average molecular weight is 288 g/mol. The first-order valence-electron chi connectivity index (χ1n) is 6.95. The molecule has 0 atom stereocenters. The predicted octanol–water partition coefficient (Wildman–Crippen LogP) is 2.98. The summed E-state index contributed by atoms with van der Waals surface area (Å²) in [5.74, 6) is 0.329. The molecule has 0 amide bonds. The van der Waals surface area contributed by atoms with Crippen LogP contribution >= 0.6 is 0 Å². The lowest BCUT2D eigenvalue weighted by Gasteiger charge is -2.13. The van der Waals surface area contributed by atoms with Gasteiger partial charge in [-0.2, -0.15) is 5.10 Å². The molecule has 0 aliphatic carbocycles. The van der Waals surface area contributed by atoms with Crippen molar-refractivity contribution in [3.05, 3.63) is 36.2 Å². The number of hydrogen-bond donors (Lipinski definition) is 1. The van der Waals surface area contributed by atoms with Crippen molar-refractivity contribution in [1.82, 2.24) is 9.78 Å². The normalized spacial score (nSPS) is 10.9. The molecule has 0 spiro atoms. The van der Waals surface area contributed by atoms with E-state index in [-0.39, 0.29) is 6.54 Å². The summed E-state index contributed by atoms with van der Waals surface area (Å²) in [6.45, 7) is 6.56. The molecule has 5 nitrogen and oxygen atoms in total. The number of hydrogen-bond acceptors (Lipinski definition) is 3. The van der Waals surface area contributed by atoms with Crippen LogP contribution in [-0.4, -0.2) is 27.5 Å². The Bertz CT molecular complexity index is 632. The van der Waals surface area contributed by atoms with Gasteiger partial charge in [0.25, 0.3) is 0 Å². The summed E-state index contributed by atoms with van der Waals surface area (Å²) < 4.78 is 7.33. The molecule has 21 heavy (non-hydrogen) atoms. The maximum atomic E-state index is 10.8. The molecular formula is C16H20N2O3. The summed E-state index contributed by atoms with van der Waals surface area (Å²) in [4.78, 5) is 10.8. The Morgan fingerprint density at radius 2 is 2.05 bits per heavy atom. The number of benzene rings is 1. The highest BCUT2D eigenvalue weighted by Gasteiger charge is 2.14. The molecule has 0 fully saturated rings. The lowest BCUT2D eigenvalue weighted by atomic mass is 10.1. The van der Waals surface area contributed by atoms with E-state index in [0.717, 1.165) is 22.6 Å². The molecule has 0 unspecified atom stereocenters. The summed E-state index contributed by atoms with van der Waals surface area (Å²) >= 11 is 0. The topological polar surface area (TPSA) is 64.4 Å². The number of carbonyl (C=O) groups is 1. The molecule has 0 radical (unpaired) electrons. The first-order valence-corrected chi connectivity index (χ1v) is 6.95. The zero-order valence-electron chi connectivity index (χ0n) is 12.5. The van der Waals surface area contributed by atoms with Crippen LogP contribution in [-0.2, 0) is 11.3 Å². The first-order chi connectivity index (χ1) is 9.99. The zero-order chi connectivity index (χ0) is 15.4. The van der Waals surface area contributed by atoms with Crippen LogP contribution in [0.3, 0.4) is 0 Å². The van der Waals surface area contributed by atoms with Crippen LogP contribution in [0.25, 0.3) is 11.1 Å². The third-order valence-corrected chi connectivity index (χ3v) is 3.14. The Kier molecular flexibility index (Phi) is 4.62. The van der Waals surface area contributed by atoms with Crippen molar-refractivity contribution < 1.29 is 14.6 Å². The molecule has 0 aliphatic rings. The van der Waals surface area contributed by atoms with E-state index >= 15 is 0 Å². The monoisotopic (exact) mass is 288 g/mol. The fourth-order valence-electron chi connectivity index (χ4n) is 2.07. The standard InChI is InChI=1S/C16H20N2O3/c1-11(2)10-21-15-7-5-4-6-13(15)14-8-17-18(12(14)3)9-16(19)20/h4-8,11H,9-10H2,1-3H3,(H,19,20). The number of carboxylic acid groups (broad SMARTS) is 1. The average Bonchev–Trinajstić information content (AvgIpc) is 2.77. The van der Waals surface area contributed by atoms with Crippen molar-refractivity contribution >= 4 is 5.97 Å². The van der Waals surface area contributed by atoms with Gasteiger partial charge in [0, 0.05) is 16.8 Å². The van der Waals surface area contributed by atoms with E-state index in [9.17, 15) is 4.79 Å². The fraction of sp³-hybridized carbons (Fsp3) is 0.375. The summed E-state index contributed by atoms with van der Waals surface area (Å²) in [5, 5.41) is 13.0. The maximum absolute atomic E-state index is 10.8. The number of rotatable bonds is 6. The van der Waals surface area contributed by atoms with Crippen molar-refractivity contribution in [2.45, 2.75) is 27.3 Å². The molecule has 1 aromatic heterocycles. The molecule has 1 aromatic carbocycles. The van der Waals surface area contributed by atoms with Crippen LogP contribution in [0.4, 0.5) is 0 Å². The van der Waals surface area contributed by atoms with Gasteiger partial charge < -0.3 is 9.84 Å². The van der Waals surface area contributed by atoms with Gasteiger partial charge in [0.05, 0.1) is 12.8 Å². The smallest absolute Gasteiger partial charge is 0.325 e. The molecule has 0 saturated heterocycles. The Balaban J connectivity index is 2.33. The molecule has 1 heterocycles. The minimum Gasteiger partial charge on any atom is -0.493 e. The van der Waals surface area contributed by atoms with E-state index < -0.39 is 5.97 Å². The lowest BCUT2D eigenvalue weighted by Crippen LogP contribution is -2.11. The van der Waals surface area contributed by atoms with E-state index in [2.05, 4.69) is 18.9 Å². The van der Waals surface area contributed by atoms with Crippen LogP contribution in [0.1, 0.15) is 19.5 Å². The van der Waals surface area contributed by atoms with E-state index in [1.54, 1.807) is 6.20 Å². The second-order valence-electron chi connectivity index (χ2n) is 5.40. The van der Waals surface area contributed by atoms with Gasteiger partial charge in [0.2, 0.25) is 0 Å². The summed E-state index contributed by atoms with van der Waals surface area (Å²) in [5.41, 5.74) is 2.65. The number of aromatic nitrogens is 2. The van der Waals surface area contributed by atoms with Gasteiger partial charge >= 0.3 is 5.97 Å². The number of nitrogens with zero attached hydrogens (tertiary/aromatic N) is 2. The van der Waals surface area contributed by atoms with E-state index in [4.69, 9.17) is 9.84 Å². The summed E-state index contributed by atoms with van der Waals surface area (Å²) in [6.07, 6.45) is 1.69. The number of aliphatic carboxylic acids is 1. The van der Waals surface area contributed by atoms with Crippen LogP contribution in [0.2, 0.25) is 0 Å². The van der Waals surface area contributed by atoms with Crippen LogP contribution < -0.4 is 4.74 Å². The Morgan fingerprint density at radius 1 is 1.33 bits per heavy atom. The third-order valence-electron chi connectivity index (χ3n) is 3.14. The van der Waals surface area contributed by atoms with Gasteiger partial charge in [-0.25, -0.2) is 0 Å². The minimum absolute atomic E-state index is 0.138. The molecular weight excluding hydrogens is 268 g/mol. The maximum Gasteiger partial charge on any atom is 0.325 e. The highest BCUT2D eigenvalue weighted by molar-refractivity contribution is 5.72. The van der Waals surface area contributed by atoms with Crippen LogP contribution in [0, 0.1) is 12.8 Å². The molecule has 2 aromatic rings. The number of para-hydroxylation sites is 1. The van der Waals surface area contributed by atoms with Crippen molar-refractivity contribution in [2.24, 2.45) is 5.92 Å². The first kappa shape index (κ1) is 15.1. The van der Waals surface area contributed by atoms with Crippen LogP contribution in [0.15, 0.2) is 30.5 Å². The Labute approximate surface area is 124 Å². The van der Waals surface area contributed by atoms with Crippen molar-refractivity contribution in [2.75, 3.05) is 6.61 Å².